The lowest BCUT2D eigenvalue weighted by Crippen LogP contribution is -2.21. The van der Waals surface area contributed by atoms with Crippen LogP contribution in [0.4, 0.5) is 0 Å². The highest BCUT2D eigenvalue weighted by Gasteiger charge is 2.32. The summed E-state index contributed by atoms with van der Waals surface area (Å²) in [7, 11) is 0. The van der Waals surface area contributed by atoms with Crippen molar-refractivity contribution in [2.45, 2.75) is 30.6 Å². The molecule has 1 nitrogen and oxygen atoms in total. The van der Waals surface area contributed by atoms with E-state index >= 15 is 0 Å². The second-order valence-electron chi connectivity index (χ2n) is 5.73. The molecule has 2 atom stereocenters. The van der Waals surface area contributed by atoms with E-state index in [0.717, 1.165) is 31.6 Å². The van der Waals surface area contributed by atoms with Gasteiger partial charge in [-0.25, -0.2) is 0 Å². The summed E-state index contributed by atoms with van der Waals surface area (Å²) in [4.78, 5) is 0. The molecule has 2 heteroatoms. The maximum absolute atomic E-state index is 6.74. The van der Waals surface area contributed by atoms with Crippen LogP contribution in [0.2, 0.25) is 0 Å². The molecule has 0 bridgehead atoms. The number of rotatable bonds is 2. The van der Waals surface area contributed by atoms with Crippen LogP contribution in [0.3, 0.4) is 0 Å². The summed E-state index contributed by atoms with van der Waals surface area (Å²) < 4.78 is 5.67. The molecule has 2 unspecified atom stereocenters. The lowest BCUT2D eigenvalue weighted by Gasteiger charge is -2.34. The first-order valence-electron chi connectivity index (χ1n) is 7.30. The van der Waals surface area contributed by atoms with Crippen LogP contribution in [-0.2, 0) is 12.8 Å². The Morgan fingerprint density at radius 3 is 2.90 bits per heavy atom. The fourth-order valence-electron chi connectivity index (χ4n) is 3.34. The lowest BCUT2D eigenvalue weighted by molar-refractivity contribution is 0.288. The molecule has 0 saturated heterocycles. The number of ether oxygens (including phenoxy) is 1. The number of halogens is 1. The summed E-state index contributed by atoms with van der Waals surface area (Å²) in [5.41, 5.74) is 5.41. The number of hydrogen-bond donors (Lipinski definition) is 0. The first-order chi connectivity index (χ1) is 9.83. The Kier molecular flexibility index (Phi) is 2.96. The van der Waals surface area contributed by atoms with Crippen LogP contribution in [-0.4, -0.2) is 6.61 Å². The summed E-state index contributed by atoms with van der Waals surface area (Å²) in [6.07, 6.45) is 3.31. The van der Waals surface area contributed by atoms with Crippen LogP contribution in [0.15, 0.2) is 42.5 Å². The van der Waals surface area contributed by atoms with E-state index in [1.54, 1.807) is 0 Å². The van der Waals surface area contributed by atoms with Gasteiger partial charge in [0.05, 0.1) is 12.0 Å². The third-order valence-corrected chi connectivity index (χ3v) is 5.05. The van der Waals surface area contributed by atoms with Crippen LogP contribution < -0.4 is 4.74 Å². The number of alkyl halides is 1. The number of hydrogen-bond acceptors (Lipinski definition) is 1. The summed E-state index contributed by atoms with van der Waals surface area (Å²) in [6.45, 7) is 0.840. The molecule has 1 aliphatic carbocycles. The molecule has 2 aliphatic rings. The van der Waals surface area contributed by atoms with Crippen molar-refractivity contribution in [3.63, 3.8) is 0 Å². The average Bonchev–Trinajstić information content (AvgIpc) is 2.48. The highest BCUT2D eigenvalue weighted by atomic mass is 35.5. The van der Waals surface area contributed by atoms with Gasteiger partial charge in [0, 0.05) is 5.92 Å². The van der Waals surface area contributed by atoms with Gasteiger partial charge in [-0.3, -0.25) is 0 Å². The molecule has 102 valence electrons. The molecule has 0 saturated carbocycles. The van der Waals surface area contributed by atoms with Gasteiger partial charge in [-0.15, -0.1) is 11.6 Å². The molecule has 20 heavy (non-hydrogen) atoms. The molecule has 2 aromatic carbocycles. The van der Waals surface area contributed by atoms with E-state index in [1.165, 1.54) is 22.3 Å². The van der Waals surface area contributed by atoms with E-state index in [1.807, 2.05) is 0 Å². The van der Waals surface area contributed by atoms with Gasteiger partial charge in [0.1, 0.15) is 5.75 Å². The Morgan fingerprint density at radius 2 is 2.00 bits per heavy atom. The minimum absolute atomic E-state index is 0.0668. The Hall–Kier alpha value is -1.47. The smallest absolute Gasteiger partial charge is 0.122 e. The maximum atomic E-state index is 6.74. The van der Waals surface area contributed by atoms with Crippen molar-refractivity contribution in [3.05, 3.63) is 64.7 Å². The third kappa shape index (κ3) is 1.92. The minimum Gasteiger partial charge on any atom is -0.493 e. The van der Waals surface area contributed by atoms with Gasteiger partial charge < -0.3 is 4.74 Å². The molecule has 0 N–H and O–H groups in total. The van der Waals surface area contributed by atoms with Gasteiger partial charge in [0.2, 0.25) is 0 Å². The normalized spacial score (nSPS) is 21.1. The van der Waals surface area contributed by atoms with E-state index in [-0.39, 0.29) is 5.38 Å². The monoisotopic (exact) mass is 284 g/mol. The molecule has 0 amide bonds. The summed E-state index contributed by atoms with van der Waals surface area (Å²) in [5, 5.41) is 0.0668. The minimum atomic E-state index is 0.0668. The average molecular weight is 285 g/mol. The largest absolute Gasteiger partial charge is 0.493 e. The van der Waals surface area contributed by atoms with Crippen LogP contribution in [0, 0.1) is 0 Å². The fraction of sp³-hybridized carbons (Fsp3) is 0.333. The topological polar surface area (TPSA) is 9.23 Å². The molecule has 2 aromatic rings. The molecular weight excluding hydrogens is 268 g/mol. The van der Waals surface area contributed by atoms with Crippen molar-refractivity contribution >= 4 is 11.6 Å². The van der Waals surface area contributed by atoms with E-state index in [0.29, 0.717) is 5.92 Å². The van der Waals surface area contributed by atoms with Gasteiger partial charge in [0.25, 0.3) is 0 Å². The summed E-state index contributed by atoms with van der Waals surface area (Å²) in [6, 6.07) is 15.1. The molecule has 0 aromatic heterocycles. The molecule has 0 spiro atoms. The first kappa shape index (κ1) is 12.3. The zero-order chi connectivity index (χ0) is 13.5. The predicted molar refractivity (Wildman–Crippen MR) is 81.7 cm³/mol. The molecular formula is C18H17ClO. The van der Waals surface area contributed by atoms with Crippen molar-refractivity contribution in [3.8, 4) is 5.75 Å². The SMILES string of the molecule is ClC(c1ccc2c(c1)CCCO2)C1Cc2ccccc21. The molecule has 4 rings (SSSR count). The Balaban J connectivity index is 1.62. The Bertz CT molecular complexity index is 650. The molecule has 1 aliphatic heterocycles. The first-order valence-corrected chi connectivity index (χ1v) is 7.74. The summed E-state index contributed by atoms with van der Waals surface area (Å²) in [5.74, 6) is 1.49. The van der Waals surface area contributed by atoms with Gasteiger partial charge in [-0.05, 0) is 47.6 Å². The highest BCUT2D eigenvalue weighted by molar-refractivity contribution is 6.21. The maximum Gasteiger partial charge on any atom is 0.122 e. The molecule has 0 radical (unpaired) electrons. The van der Waals surface area contributed by atoms with Crippen molar-refractivity contribution in [1.82, 2.24) is 0 Å². The van der Waals surface area contributed by atoms with Crippen molar-refractivity contribution in [2.75, 3.05) is 6.61 Å². The van der Waals surface area contributed by atoms with Gasteiger partial charge in [-0.2, -0.15) is 0 Å². The number of fused-ring (bicyclic) bond motifs is 2. The van der Waals surface area contributed by atoms with Gasteiger partial charge >= 0.3 is 0 Å². The Morgan fingerprint density at radius 1 is 1.10 bits per heavy atom. The lowest BCUT2D eigenvalue weighted by atomic mass is 9.74. The third-order valence-electron chi connectivity index (χ3n) is 4.50. The van der Waals surface area contributed by atoms with Gasteiger partial charge in [-0.1, -0.05) is 36.4 Å². The number of benzene rings is 2. The van der Waals surface area contributed by atoms with E-state index in [2.05, 4.69) is 42.5 Å². The zero-order valence-corrected chi connectivity index (χ0v) is 12.1. The Labute approximate surface area is 124 Å². The van der Waals surface area contributed by atoms with Crippen LogP contribution in [0.25, 0.3) is 0 Å². The standard InChI is InChI=1S/C18H17ClO/c19-18(16-11-12-4-1-2-6-15(12)16)14-7-8-17-13(10-14)5-3-9-20-17/h1-2,4,6-8,10,16,18H,3,5,9,11H2. The van der Waals surface area contributed by atoms with Gasteiger partial charge in [0.15, 0.2) is 0 Å². The van der Waals surface area contributed by atoms with E-state index in [9.17, 15) is 0 Å². The van der Waals surface area contributed by atoms with E-state index < -0.39 is 0 Å². The summed E-state index contributed by atoms with van der Waals surface area (Å²) >= 11 is 6.74. The van der Waals surface area contributed by atoms with Crippen LogP contribution in [0.5, 0.6) is 5.75 Å². The fourth-order valence-corrected chi connectivity index (χ4v) is 3.70. The van der Waals surface area contributed by atoms with Crippen LogP contribution in [0.1, 0.15) is 40.0 Å². The second kappa shape index (κ2) is 4.82. The van der Waals surface area contributed by atoms with E-state index in [4.69, 9.17) is 16.3 Å². The second-order valence-corrected chi connectivity index (χ2v) is 6.20. The highest BCUT2D eigenvalue weighted by Crippen LogP contribution is 2.47. The molecule has 0 fully saturated rings. The number of aryl methyl sites for hydroxylation is 1. The van der Waals surface area contributed by atoms with Crippen LogP contribution >= 0.6 is 11.6 Å². The van der Waals surface area contributed by atoms with Crippen molar-refractivity contribution in [1.29, 1.82) is 0 Å². The zero-order valence-electron chi connectivity index (χ0n) is 11.3. The molecule has 1 heterocycles. The van der Waals surface area contributed by atoms with Crippen molar-refractivity contribution < 1.29 is 4.74 Å². The predicted octanol–water partition coefficient (Wildman–Crippen LogP) is 4.63. The van der Waals surface area contributed by atoms with Crippen molar-refractivity contribution in [2.24, 2.45) is 0 Å². The quantitative estimate of drug-likeness (QED) is 0.731.